The number of rotatable bonds is 3. The van der Waals surface area contributed by atoms with Gasteiger partial charge in [-0.3, -0.25) is 0 Å². The van der Waals surface area contributed by atoms with Crippen LogP contribution in [0.1, 0.15) is 11.1 Å². The van der Waals surface area contributed by atoms with Gasteiger partial charge in [-0.1, -0.05) is 33.6 Å². The smallest absolute Gasteiger partial charge is 0.380 e. The lowest BCUT2D eigenvalue weighted by atomic mass is 10.2. The Morgan fingerprint density at radius 3 is 2.38 bits per heavy atom. The molecule has 0 heterocycles. The van der Waals surface area contributed by atoms with Gasteiger partial charge in [-0.25, -0.2) is 4.39 Å². The first kappa shape index (κ1) is 16.1. The van der Waals surface area contributed by atoms with E-state index in [2.05, 4.69) is 21.2 Å². The number of halogens is 6. The molecule has 0 radical (unpaired) electrons. The maximum Gasteiger partial charge on any atom is 0.416 e. The van der Waals surface area contributed by atoms with Crippen molar-refractivity contribution in [1.29, 1.82) is 0 Å². The van der Waals surface area contributed by atoms with E-state index in [9.17, 15) is 17.6 Å². The van der Waals surface area contributed by atoms with Crippen molar-refractivity contribution in [2.75, 3.05) is 5.32 Å². The average Bonchev–Trinajstić information content (AvgIpc) is 2.38. The van der Waals surface area contributed by atoms with E-state index in [0.29, 0.717) is 16.7 Å². The Bertz CT molecular complexity index is 658. The van der Waals surface area contributed by atoms with E-state index >= 15 is 0 Å². The van der Waals surface area contributed by atoms with Gasteiger partial charge in [-0.15, -0.1) is 0 Å². The second-order valence-electron chi connectivity index (χ2n) is 4.28. The second-order valence-corrected chi connectivity index (χ2v) is 5.54. The summed E-state index contributed by atoms with van der Waals surface area (Å²) in [6.07, 6.45) is -4.43. The third kappa shape index (κ3) is 4.11. The highest BCUT2D eigenvalue weighted by atomic mass is 79.9. The topological polar surface area (TPSA) is 12.0 Å². The fourth-order valence-corrected chi connectivity index (χ4v) is 2.43. The van der Waals surface area contributed by atoms with Gasteiger partial charge in [0.15, 0.2) is 0 Å². The molecule has 0 aromatic heterocycles. The van der Waals surface area contributed by atoms with E-state index in [1.807, 2.05) is 0 Å². The van der Waals surface area contributed by atoms with Gasteiger partial charge in [-0.05, 0) is 35.9 Å². The highest BCUT2D eigenvalue weighted by Crippen LogP contribution is 2.34. The van der Waals surface area contributed by atoms with E-state index in [1.165, 1.54) is 18.2 Å². The molecule has 0 atom stereocenters. The minimum atomic E-state index is -4.43. The lowest BCUT2D eigenvalue weighted by Crippen LogP contribution is -2.06. The zero-order chi connectivity index (χ0) is 15.6. The summed E-state index contributed by atoms with van der Waals surface area (Å²) in [5, 5.41) is 2.89. The van der Waals surface area contributed by atoms with Crippen molar-refractivity contribution < 1.29 is 17.6 Å². The first-order chi connectivity index (χ1) is 9.77. The molecule has 0 spiro atoms. The van der Waals surface area contributed by atoms with Crippen LogP contribution in [0, 0.1) is 5.82 Å². The van der Waals surface area contributed by atoms with E-state index in [-0.39, 0.29) is 10.8 Å². The van der Waals surface area contributed by atoms with Crippen LogP contribution in [0.25, 0.3) is 0 Å². The van der Waals surface area contributed by atoms with Crippen molar-refractivity contribution in [1.82, 2.24) is 0 Å². The Hall–Kier alpha value is -1.27. The fourth-order valence-electron chi connectivity index (χ4n) is 1.69. The highest BCUT2D eigenvalue weighted by molar-refractivity contribution is 9.10. The van der Waals surface area contributed by atoms with Crippen molar-refractivity contribution in [3.8, 4) is 0 Å². The molecule has 0 saturated carbocycles. The van der Waals surface area contributed by atoms with Crippen LogP contribution < -0.4 is 5.32 Å². The first-order valence-electron chi connectivity index (χ1n) is 5.82. The monoisotopic (exact) mass is 381 g/mol. The van der Waals surface area contributed by atoms with Crippen LogP contribution in [-0.4, -0.2) is 0 Å². The van der Waals surface area contributed by atoms with E-state index < -0.39 is 11.7 Å². The van der Waals surface area contributed by atoms with Crippen molar-refractivity contribution in [3.05, 3.63) is 62.8 Å². The predicted octanol–water partition coefficient (Wildman–Crippen LogP) is 5.87. The molecular formula is C14H9BrClF4N. The summed E-state index contributed by atoms with van der Waals surface area (Å²) in [6, 6.07) is 7.27. The van der Waals surface area contributed by atoms with E-state index in [1.54, 1.807) is 6.07 Å². The third-order valence-electron chi connectivity index (χ3n) is 2.78. The molecule has 0 amide bonds. The summed E-state index contributed by atoms with van der Waals surface area (Å²) in [6.45, 7) is 0.298. The minimum Gasteiger partial charge on any atom is -0.380 e. The number of nitrogens with one attached hydrogen (secondary N) is 1. The Morgan fingerprint density at radius 1 is 1.10 bits per heavy atom. The molecule has 0 aliphatic carbocycles. The largest absolute Gasteiger partial charge is 0.416 e. The van der Waals surface area contributed by atoms with E-state index in [4.69, 9.17) is 11.6 Å². The number of benzene rings is 2. The van der Waals surface area contributed by atoms with Gasteiger partial charge in [0.1, 0.15) is 5.82 Å². The normalized spacial score (nSPS) is 11.5. The molecule has 0 bridgehead atoms. The maximum absolute atomic E-state index is 13.0. The van der Waals surface area contributed by atoms with Crippen LogP contribution in [0.4, 0.5) is 23.2 Å². The summed E-state index contributed by atoms with van der Waals surface area (Å²) in [5.41, 5.74) is 0.328. The molecule has 1 nitrogen and oxygen atoms in total. The lowest BCUT2D eigenvalue weighted by Gasteiger charge is -2.12. The molecule has 0 fully saturated rings. The molecule has 2 aromatic carbocycles. The minimum absolute atomic E-state index is 0.0249. The highest BCUT2D eigenvalue weighted by Gasteiger charge is 2.30. The maximum atomic E-state index is 13.0. The molecule has 7 heteroatoms. The van der Waals surface area contributed by atoms with Gasteiger partial charge in [0.25, 0.3) is 0 Å². The van der Waals surface area contributed by atoms with Crippen molar-refractivity contribution in [3.63, 3.8) is 0 Å². The fraction of sp³-hybridized carbons (Fsp3) is 0.143. The molecular weight excluding hydrogens is 374 g/mol. The second kappa shape index (κ2) is 6.23. The molecule has 112 valence electrons. The summed E-state index contributed by atoms with van der Waals surface area (Å²) in [7, 11) is 0. The summed E-state index contributed by atoms with van der Waals surface area (Å²) in [5.74, 6) is -0.377. The Labute approximate surface area is 132 Å². The molecule has 0 unspecified atom stereocenters. The number of alkyl halides is 3. The van der Waals surface area contributed by atoms with Gasteiger partial charge in [0, 0.05) is 11.0 Å². The van der Waals surface area contributed by atoms with Crippen LogP contribution in [0.15, 0.2) is 40.9 Å². The summed E-state index contributed by atoms with van der Waals surface area (Å²) < 4.78 is 51.1. The molecule has 2 aromatic rings. The molecule has 2 rings (SSSR count). The SMILES string of the molecule is Fc1ccc(CNc2ccc(C(F)(F)F)cc2Cl)c(Br)c1. The molecule has 0 aliphatic heterocycles. The Balaban J connectivity index is 2.13. The van der Waals surface area contributed by atoms with Gasteiger partial charge in [0.2, 0.25) is 0 Å². The van der Waals surface area contributed by atoms with Crippen molar-refractivity contribution in [2.45, 2.75) is 12.7 Å². The van der Waals surface area contributed by atoms with Crippen LogP contribution in [0.3, 0.4) is 0 Å². The first-order valence-corrected chi connectivity index (χ1v) is 6.99. The van der Waals surface area contributed by atoms with Crippen LogP contribution >= 0.6 is 27.5 Å². The Kier molecular flexibility index (Phi) is 4.78. The molecule has 0 aliphatic rings. The van der Waals surface area contributed by atoms with Gasteiger partial charge in [0.05, 0.1) is 16.3 Å². The predicted molar refractivity (Wildman–Crippen MR) is 77.9 cm³/mol. The molecule has 21 heavy (non-hydrogen) atoms. The van der Waals surface area contributed by atoms with Gasteiger partial charge < -0.3 is 5.32 Å². The number of hydrogen-bond donors (Lipinski definition) is 1. The molecule has 0 saturated heterocycles. The van der Waals surface area contributed by atoms with Gasteiger partial charge in [-0.2, -0.15) is 13.2 Å². The molecule has 1 N–H and O–H groups in total. The summed E-state index contributed by atoms with van der Waals surface area (Å²) in [4.78, 5) is 0. The van der Waals surface area contributed by atoms with Crippen molar-refractivity contribution >= 4 is 33.2 Å². The van der Waals surface area contributed by atoms with Crippen LogP contribution in [0.2, 0.25) is 5.02 Å². The zero-order valence-corrected chi connectivity index (χ0v) is 12.8. The van der Waals surface area contributed by atoms with E-state index in [0.717, 1.165) is 17.7 Å². The number of hydrogen-bond acceptors (Lipinski definition) is 1. The zero-order valence-electron chi connectivity index (χ0n) is 10.4. The quantitative estimate of drug-likeness (QED) is 0.654. The lowest BCUT2D eigenvalue weighted by molar-refractivity contribution is -0.137. The Morgan fingerprint density at radius 2 is 1.81 bits per heavy atom. The van der Waals surface area contributed by atoms with Crippen LogP contribution in [0.5, 0.6) is 0 Å². The van der Waals surface area contributed by atoms with Crippen molar-refractivity contribution in [2.24, 2.45) is 0 Å². The summed E-state index contributed by atoms with van der Waals surface area (Å²) >= 11 is 9.05. The number of anilines is 1. The standard InChI is InChI=1S/C14H9BrClF4N/c15-11-6-10(17)3-1-8(11)7-21-13-4-2-9(5-12(13)16)14(18,19)20/h1-6,21H,7H2. The van der Waals surface area contributed by atoms with Gasteiger partial charge >= 0.3 is 6.18 Å². The average molecular weight is 383 g/mol. The van der Waals surface area contributed by atoms with Crippen LogP contribution in [-0.2, 0) is 12.7 Å². The third-order valence-corrected chi connectivity index (χ3v) is 3.83.